The molecule has 0 bridgehead atoms. The summed E-state index contributed by atoms with van der Waals surface area (Å²) in [5.74, 6) is 0. The summed E-state index contributed by atoms with van der Waals surface area (Å²) in [6.07, 6.45) is -4.97. The molecule has 0 amide bonds. The van der Waals surface area contributed by atoms with E-state index in [0.717, 1.165) is 0 Å². The van der Waals surface area contributed by atoms with E-state index >= 15 is 0 Å². The van der Waals surface area contributed by atoms with Crippen LogP contribution in [-0.2, 0) is 6.18 Å². The van der Waals surface area contributed by atoms with Gasteiger partial charge in [-0.15, -0.1) is 0 Å². The number of para-hydroxylation sites is 1. The average Bonchev–Trinajstić information content (AvgIpc) is 2.67. The minimum Gasteiger partial charge on any atom is -0.258 e. The molecule has 1 aromatic heterocycles. The third kappa shape index (κ3) is 2.50. The van der Waals surface area contributed by atoms with Crippen LogP contribution in [0.25, 0.3) is 5.69 Å². The Morgan fingerprint density at radius 3 is 2.40 bits per heavy atom. The van der Waals surface area contributed by atoms with Crippen LogP contribution in [0.4, 0.5) is 18.9 Å². The fourth-order valence-electron chi connectivity index (χ4n) is 1.53. The molecule has 0 radical (unpaired) electrons. The van der Waals surface area contributed by atoms with E-state index in [9.17, 15) is 23.3 Å². The van der Waals surface area contributed by atoms with Crippen LogP contribution in [0.3, 0.4) is 0 Å². The molecule has 106 valence electrons. The summed E-state index contributed by atoms with van der Waals surface area (Å²) in [5.41, 5.74) is -2.74. The molecule has 0 N–H and O–H groups in total. The van der Waals surface area contributed by atoms with Crippen molar-refractivity contribution >= 4 is 33.2 Å². The lowest BCUT2D eigenvalue weighted by atomic mass is 10.3. The van der Waals surface area contributed by atoms with Gasteiger partial charge in [0.15, 0.2) is 0 Å². The maximum atomic E-state index is 12.8. The highest BCUT2D eigenvalue weighted by molar-refractivity contribution is 9.10. The highest BCUT2D eigenvalue weighted by Crippen LogP contribution is 2.41. The molecule has 1 heterocycles. The Kier molecular flexibility index (Phi) is 3.74. The van der Waals surface area contributed by atoms with Crippen molar-refractivity contribution in [1.82, 2.24) is 9.78 Å². The van der Waals surface area contributed by atoms with Crippen LogP contribution in [0, 0.1) is 10.1 Å². The summed E-state index contributed by atoms with van der Waals surface area (Å²) in [6, 6.07) is 6.14. The summed E-state index contributed by atoms with van der Waals surface area (Å²) in [4.78, 5) is 9.57. The Morgan fingerprint density at radius 1 is 1.35 bits per heavy atom. The summed E-state index contributed by atoms with van der Waals surface area (Å²) >= 11 is 8.79. The molecule has 0 aliphatic carbocycles. The van der Waals surface area contributed by atoms with Crippen molar-refractivity contribution in [1.29, 1.82) is 0 Å². The number of alkyl halides is 3. The van der Waals surface area contributed by atoms with Gasteiger partial charge < -0.3 is 0 Å². The van der Waals surface area contributed by atoms with Gasteiger partial charge in [0.25, 0.3) is 0 Å². The Labute approximate surface area is 123 Å². The second-order valence-corrected chi connectivity index (χ2v) is 4.82. The van der Waals surface area contributed by atoms with E-state index in [0.29, 0.717) is 9.15 Å². The summed E-state index contributed by atoms with van der Waals surface area (Å²) in [7, 11) is 0. The zero-order chi connectivity index (χ0) is 15.1. The Hall–Kier alpha value is -1.61. The lowest BCUT2D eigenvalue weighted by Gasteiger charge is -2.04. The van der Waals surface area contributed by atoms with Crippen LogP contribution in [0.5, 0.6) is 0 Å². The molecule has 10 heteroatoms. The highest BCUT2D eigenvalue weighted by Gasteiger charge is 2.45. The Morgan fingerprint density at radius 2 is 1.95 bits per heavy atom. The molecule has 0 saturated carbocycles. The van der Waals surface area contributed by atoms with Gasteiger partial charge in [-0.25, -0.2) is 4.68 Å². The Balaban J connectivity index is 2.75. The van der Waals surface area contributed by atoms with Gasteiger partial charge in [0.05, 0.1) is 10.6 Å². The predicted octanol–water partition coefficient (Wildman–Crippen LogP) is 4.22. The first-order valence-electron chi connectivity index (χ1n) is 4.98. The molecule has 0 aliphatic heterocycles. The SMILES string of the molecule is O=[N+]([O-])c1c(C(F)(F)F)nn(-c2ccccc2Br)c1Cl. The number of nitro groups is 1. The summed E-state index contributed by atoms with van der Waals surface area (Å²) in [6.45, 7) is 0. The van der Waals surface area contributed by atoms with Crippen molar-refractivity contribution in [2.24, 2.45) is 0 Å². The number of hydrogen-bond acceptors (Lipinski definition) is 3. The van der Waals surface area contributed by atoms with Gasteiger partial charge >= 0.3 is 11.9 Å². The van der Waals surface area contributed by atoms with Crippen molar-refractivity contribution in [3.05, 3.63) is 49.7 Å². The van der Waals surface area contributed by atoms with E-state index in [4.69, 9.17) is 11.6 Å². The maximum absolute atomic E-state index is 12.8. The van der Waals surface area contributed by atoms with Gasteiger partial charge in [0, 0.05) is 4.47 Å². The van der Waals surface area contributed by atoms with Crippen molar-refractivity contribution < 1.29 is 18.1 Å². The predicted molar refractivity (Wildman–Crippen MR) is 67.9 cm³/mol. The molecule has 0 fully saturated rings. The molecule has 0 aliphatic rings. The fraction of sp³-hybridized carbons (Fsp3) is 0.100. The molecule has 0 atom stereocenters. The van der Waals surface area contributed by atoms with E-state index in [1.54, 1.807) is 12.1 Å². The van der Waals surface area contributed by atoms with Crippen LogP contribution in [0.2, 0.25) is 5.15 Å². The van der Waals surface area contributed by atoms with Gasteiger partial charge in [-0.2, -0.15) is 18.3 Å². The van der Waals surface area contributed by atoms with Crippen molar-refractivity contribution in [2.45, 2.75) is 6.18 Å². The standard InChI is InChI=1S/C10H4BrClF3N3O2/c11-5-3-1-2-4-6(5)17-9(12)7(18(19)20)8(16-17)10(13,14)15/h1-4H. The average molecular weight is 371 g/mol. The molecule has 0 unspecified atom stereocenters. The minimum atomic E-state index is -4.97. The van der Waals surface area contributed by atoms with Gasteiger partial charge in [0.2, 0.25) is 10.8 Å². The van der Waals surface area contributed by atoms with Crippen molar-refractivity contribution in [2.75, 3.05) is 0 Å². The first-order chi connectivity index (χ1) is 9.23. The molecular formula is C10H4BrClF3N3O2. The quantitative estimate of drug-likeness (QED) is 0.587. The first-order valence-corrected chi connectivity index (χ1v) is 6.15. The van der Waals surface area contributed by atoms with Gasteiger partial charge in [-0.1, -0.05) is 23.7 Å². The molecular weight excluding hydrogens is 366 g/mol. The van der Waals surface area contributed by atoms with Gasteiger partial charge in [0.1, 0.15) is 0 Å². The van der Waals surface area contributed by atoms with Crippen LogP contribution in [0.15, 0.2) is 28.7 Å². The van der Waals surface area contributed by atoms with E-state index in [-0.39, 0.29) is 5.69 Å². The van der Waals surface area contributed by atoms with Gasteiger partial charge in [-0.05, 0) is 28.1 Å². The van der Waals surface area contributed by atoms with Crippen LogP contribution in [-0.4, -0.2) is 14.7 Å². The summed E-state index contributed by atoms with van der Waals surface area (Å²) in [5, 5.41) is 13.3. The van der Waals surface area contributed by atoms with E-state index < -0.39 is 27.6 Å². The normalized spacial score (nSPS) is 11.7. The Bertz CT molecular complexity index is 687. The van der Waals surface area contributed by atoms with Crippen LogP contribution >= 0.6 is 27.5 Å². The molecule has 1 aromatic carbocycles. The maximum Gasteiger partial charge on any atom is 0.442 e. The topological polar surface area (TPSA) is 61.0 Å². The third-order valence-corrected chi connectivity index (χ3v) is 3.35. The van der Waals surface area contributed by atoms with E-state index in [1.807, 2.05) is 0 Å². The molecule has 2 aromatic rings. The second kappa shape index (κ2) is 5.06. The van der Waals surface area contributed by atoms with Crippen molar-refractivity contribution in [3.63, 3.8) is 0 Å². The summed E-state index contributed by atoms with van der Waals surface area (Å²) < 4.78 is 39.4. The first kappa shape index (κ1) is 14.8. The molecule has 5 nitrogen and oxygen atoms in total. The number of aromatic nitrogens is 2. The highest BCUT2D eigenvalue weighted by atomic mass is 79.9. The third-order valence-electron chi connectivity index (χ3n) is 2.34. The molecule has 0 spiro atoms. The van der Waals surface area contributed by atoms with E-state index in [2.05, 4.69) is 21.0 Å². The largest absolute Gasteiger partial charge is 0.442 e. The molecule has 20 heavy (non-hydrogen) atoms. The minimum absolute atomic E-state index is 0.163. The lowest BCUT2D eigenvalue weighted by molar-refractivity contribution is -0.388. The smallest absolute Gasteiger partial charge is 0.258 e. The van der Waals surface area contributed by atoms with Crippen molar-refractivity contribution in [3.8, 4) is 5.69 Å². The fourth-order valence-corrected chi connectivity index (χ4v) is 2.27. The zero-order valence-electron chi connectivity index (χ0n) is 9.36. The second-order valence-electron chi connectivity index (χ2n) is 3.61. The number of hydrogen-bond donors (Lipinski definition) is 0. The molecule has 2 rings (SSSR count). The van der Waals surface area contributed by atoms with Crippen LogP contribution in [0.1, 0.15) is 5.69 Å². The number of nitrogens with zero attached hydrogens (tertiary/aromatic N) is 3. The zero-order valence-corrected chi connectivity index (χ0v) is 11.7. The number of benzene rings is 1. The molecule has 0 saturated heterocycles. The number of rotatable bonds is 2. The van der Waals surface area contributed by atoms with Gasteiger partial charge in [-0.3, -0.25) is 10.1 Å². The van der Waals surface area contributed by atoms with E-state index in [1.165, 1.54) is 12.1 Å². The lowest BCUT2D eigenvalue weighted by Crippen LogP contribution is -2.09. The van der Waals surface area contributed by atoms with Crippen LogP contribution < -0.4 is 0 Å². The monoisotopic (exact) mass is 369 g/mol. The number of halogens is 5.